The van der Waals surface area contributed by atoms with Crippen molar-refractivity contribution in [3.8, 4) is 0 Å². The van der Waals surface area contributed by atoms with E-state index in [1.807, 2.05) is 6.92 Å². The van der Waals surface area contributed by atoms with E-state index in [2.05, 4.69) is 5.32 Å². The molecule has 0 radical (unpaired) electrons. The van der Waals surface area contributed by atoms with Gasteiger partial charge in [-0.1, -0.05) is 30.1 Å². The molecule has 0 aliphatic rings. The molecule has 0 saturated heterocycles. The number of carbonyl (C=O) groups excluding carboxylic acids is 1. The third-order valence-corrected chi connectivity index (χ3v) is 3.02. The molecule has 1 aromatic carbocycles. The monoisotopic (exact) mass is 279 g/mol. The second kappa shape index (κ2) is 6.33. The number of halogens is 3. The van der Waals surface area contributed by atoms with Crippen LogP contribution in [-0.4, -0.2) is 12.5 Å². The van der Waals surface area contributed by atoms with Gasteiger partial charge in [-0.3, -0.25) is 4.79 Å². The summed E-state index contributed by atoms with van der Waals surface area (Å²) < 4.78 is 0. The molecule has 1 N–H and O–H groups in total. The van der Waals surface area contributed by atoms with Crippen molar-refractivity contribution in [2.45, 2.75) is 18.7 Å². The van der Waals surface area contributed by atoms with Crippen LogP contribution in [0.25, 0.3) is 0 Å². The SMILES string of the molecule is CCCNC(=O)C(Cl)c1cc(Cl)ccc1Cl. The van der Waals surface area contributed by atoms with Gasteiger partial charge in [-0.15, -0.1) is 11.6 Å². The molecule has 2 nitrogen and oxygen atoms in total. The topological polar surface area (TPSA) is 29.1 Å². The second-order valence-electron chi connectivity index (χ2n) is 3.32. The molecule has 0 fully saturated rings. The Kier molecular flexibility index (Phi) is 5.39. The highest BCUT2D eigenvalue weighted by Crippen LogP contribution is 2.30. The number of benzene rings is 1. The normalized spacial score (nSPS) is 12.2. The lowest BCUT2D eigenvalue weighted by Gasteiger charge is -2.12. The van der Waals surface area contributed by atoms with Crippen LogP contribution in [0.15, 0.2) is 18.2 Å². The van der Waals surface area contributed by atoms with Gasteiger partial charge in [0.2, 0.25) is 5.91 Å². The van der Waals surface area contributed by atoms with Crippen LogP contribution in [0, 0.1) is 0 Å². The number of rotatable bonds is 4. The Balaban J connectivity index is 2.82. The molecule has 0 saturated carbocycles. The fraction of sp³-hybridized carbons (Fsp3) is 0.364. The van der Waals surface area contributed by atoms with Crippen LogP contribution in [-0.2, 0) is 4.79 Å². The van der Waals surface area contributed by atoms with Crippen LogP contribution in [0.2, 0.25) is 10.0 Å². The fourth-order valence-corrected chi connectivity index (χ4v) is 1.91. The first-order valence-corrected chi connectivity index (χ1v) is 6.12. The molecule has 0 aliphatic carbocycles. The lowest BCUT2D eigenvalue weighted by atomic mass is 10.1. The molecule has 1 amide bonds. The van der Waals surface area contributed by atoms with Crippen LogP contribution >= 0.6 is 34.8 Å². The Hall–Kier alpha value is -0.440. The minimum Gasteiger partial charge on any atom is -0.355 e. The Morgan fingerprint density at radius 3 is 2.75 bits per heavy atom. The van der Waals surface area contributed by atoms with Crippen molar-refractivity contribution in [2.24, 2.45) is 0 Å². The first-order valence-electron chi connectivity index (χ1n) is 4.93. The van der Waals surface area contributed by atoms with E-state index in [9.17, 15) is 4.79 Å². The summed E-state index contributed by atoms with van der Waals surface area (Å²) in [7, 11) is 0. The van der Waals surface area contributed by atoms with Crippen LogP contribution in [0.5, 0.6) is 0 Å². The molecule has 0 spiro atoms. The molecule has 0 aliphatic heterocycles. The third kappa shape index (κ3) is 3.55. The maximum Gasteiger partial charge on any atom is 0.242 e. The summed E-state index contributed by atoms with van der Waals surface area (Å²) >= 11 is 17.8. The molecular formula is C11H12Cl3NO. The van der Waals surface area contributed by atoms with E-state index >= 15 is 0 Å². The highest BCUT2D eigenvalue weighted by atomic mass is 35.5. The summed E-state index contributed by atoms with van der Waals surface area (Å²) in [5, 5.41) is 2.85. The van der Waals surface area contributed by atoms with Crippen molar-refractivity contribution < 1.29 is 4.79 Å². The van der Waals surface area contributed by atoms with Gasteiger partial charge in [-0.2, -0.15) is 0 Å². The number of hydrogen-bond donors (Lipinski definition) is 1. The predicted molar refractivity (Wildman–Crippen MR) is 68.4 cm³/mol. The van der Waals surface area contributed by atoms with Crippen LogP contribution in [0.4, 0.5) is 0 Å². The van der Waals surface area contributed by atoms with Gasteiger partial charge in [0.15, 0.2) is 0 Å². The Bertz CT molecular complexity index is 381. The molecule has 0 bridgehead atoms. The number of hydrogen-bond acceptors (Lipinski definition) is 1. The average molecular weight is 281 g/mol. The van der Waals surface area contributed by atoms with Crippen molar-refractivity contribution >= 4 is 40.7 Å². The van der Waals surface area contributed by atoms with E-state index in [1.54, 1.807) is 18.2 Å². The van der Waals surface area contributed by atoms with Crippen LogP contribution in [0.1, 0.15) is 24.3 Å². The Labute approximate surface area is 110 Å². The first-order chi connectivity index (χ1) is 7.56. The molecular weight excluding hydrogens is 268 g/mol. The minimum absolute atomic E-state index is 0.257. The molecule has 1 aromatic rings. The lowest BCUT2D eigenvalue weighted by molar-refractivity contribution is -0.120. The minimum atomic E-state index is -0.808. The fourth-order valence-electron chi connectivity index (χ4n) is 1.19. The van der Waals surface area contributed by atoms with Crippen LogP contribution in [0.3, 0.4) is 0 Å². The number of amides is 1. The van der Waals surface area contributed by atoms with E-state index in [-0.39, 0.29) is 5.91 Å². The zero-order valence-electron chi connectivity index (χ0n) is 8.77. The van der Waals surface area contributed by atoms with Gasteiger partial charge >= 0.3 is 0 Å². The molecule has 16 heavy (non-hydrogen) atoms. The standard InChI is InChI=1S/C11H12Cl3NO/c1-2-5-15-11(16)10(14)8-6-7(12)3-4-9(8)13/h3-4,6,10H,2,5H2,1H3,(H,15,16). The molecule has 1 atom stereocenters. The van der Waals surface area contributed by atoms with Gasteiger partial charge in [0.25, 0.3) is 0 Å². The van der Waals surface area contributed by atoms with Crippen molar-refractivity contribution in [2.75, 3.05) is 6.54 Å². The van der Waals surface area contributed by atoms with E-state index in [1.165, 1.54) is 0 Å². The zero-order chi connectivity index (χ0) is 12.1. The molecule has 5 heteroatoms. The summed E-state index contributed by atoms with van der Waals surface area (Å²) in [5.74, 6) is -0.257. The third-order valence-electron chi connectivity index (χ3n) is 2.01. The van der Waals surface area contributed by atoms with Gasteiger partial charge in [0.1, 0.15) is 5.38 Å². The van der Waals surface area contributed by atoms with Crippen molar-refractivity contribution in [1.29, 1.82) is 0 Å². The number of alkyl halides is 1. The zero-order valence-corrected chi connectivity index (χ0v) is 11.0. The summed E-state index contributed by atoms with van der Waals surface area (Å²) in [6.45, 7) is 2.57. The molecule has 1 unspecified atom stereocenters. The van der Waals surface area contributed by atoms with Gasteiger partial charge in [0.05, 0.1) is 0 Å². The second-order valence-corrected chi connectivity index (χ2v) is 4.60. The Morgan fingerprint density at radius 1 is 1.44 bits per heavy atom. The molecule has 0 aromatic heterocycles. The maximum atomic E-state index is 11.6. The average Bonchev–Trinajstić information content (AvgIpc) is 2.28. The highest BCUT2D eigenvalue weighted by Gasteiger charge is 2.19. The van der Waals surface area contributed by atoms with Gasteiger partial charge in [-0.25, -0.2) is 0 Å². The van der Waals surface area contributed by atoms with Crippen molar-refractivity contribution in [3.05, 3.63) is 33.8 Å². The first kappa shape index (κ1) is 13.6. The molecule has 1 rings (SSSR count). The van der Waals surface area contributed by atoms with E-state index < -0.39 is 5.38 Å². The number of nitrogens with one attached hydrogen (secondary N) is 1. The lowest BCUT2D eigenvalue weighted by Crippen LogP contribution is -2.27. The number of carbonyl (C=O) groups is 1. The highest BCUT2D eigenvalue weighted by molar-refractivity contribution is 6.37. The maximum absolute atomic E-state index is 11.6. The van der Waals surface area contributed by atoms with Crippen molar-refractivity contribution in [1.82, 2.24) is 5.32 Å². The van der Waals surface area contributed by atoms with Crippen molar-refractivity contribution in [3.63, 3.8) is 0 Å². The molecule has 88 valence electrons. The smallest absolute Gasteiger partial charge is 0.242 e. The summed E-state index contributed by atoms with van der Waals surface area (Å²) in [6, 6.07) is 4.88. The van der Waals surface area contributed by atoms with Gasteiger partial charge < -0.3 is 5.32 Å². The predicted octanol–water partition coefficient (Wildman–Crippen LogP) is 3.80. The summed E-state index contributed by atoms with van der Waals surface area (Å²) in [5.41, 5.74) is 0.532. The van der Waals surface area contributed by atoms with E-state index in [4.69, 9.17) is 34.8 Å². The van der Waals surface area contributed by atoms with E-state index in [0.29, 0.717) is 22.2 Å². The molecule has 0 heterocycles. The quantitative estimate of drug-likeness (QED) is 0.835. The van der Waals surface area contributed by atoms with Gasteiger partial charge in [0, 0.05) is 16.6 Å². The van der Waals surface area contributed by atoms with Crippen LogP contribution < -0.4 is 5.32 Å². The summed E-state index contributed by atoms with van der Waals surface area (Å²) in [6.07, 6.45) is 0.860. The summed E-state index contributed by atoms with van der Waals surface area (Å²) in [4.78, 5) is 11.6. The van der Waals surface area contributed by atoms with Gasteiger partial charge in [-0.05, 0) is 30.2 Å². The Morgan fingerprint density at radius 2 is 2.12 bits per heavy atom. The largest absolute Gasteiger partial charge is 0.355 e. The van der Waals surface area contributed by atoms with E-state index in [0.717, 1.165) is 6.42 Å².